The Morgan fingerprint density at radius 1 is 0.780 bits per heavy atom. The number of fused-ring (bicyclic) bond motifs is 2. The number of piperidine rings is 2. The lowest BCUT2D eigenvalue weighted by molar-refractivity contribution is -0.136. The number of nitrogens with zero attached hydrogens (tertiary/aromatic N) is 4. The van der Waals surface area contributed by atoms with Gasteiger partial charge in [-0.3, -0.25) is 39.2 Å². The Balaban J connectivity index is 0.837. The molecule has 4 aromatic carbocycles. The molecule has 1 aliphatic carbocycles. The summed E-state index contributed by atoms with van der Waals surface area (Å²) in [5, 5.41) is 12.2. The molecule has 4 aromatic rings. The fourth-order valence-electron chi connectivity index (χ4n) is 9.13. The molecule has 3 saturated heterocycles. The van der Waals surface area contributed by atoms with Crippen molar-refractivity contribution in [3.05, 3.63) is 124 Å². The summed E-state index contributed by atoms with van der Waals surface area (Å²) in [6.45, 7) is -11.8. The van der Waals surface area contributed by atoms with E-state index in [-0.39, 0.29) is 47.8 Å². The molecular weight excluding hydrogens is 750 g/mol. The lowest BCUT2D eigenvalue weighted by Gasteiger charge is -2.39. The van der Waals surface area contributed by atoms with Crippen molar-refractivity contribution < 1.29 is 44.4 Å². The van der Waals surface area contributed by atoms with E-state index in [1.165, 1.54) is 11.1 Å². The summed E-state index contributed by atoms with van der Waals surface area (Å²) in [4.78, 5) is 54.4. The number of hydrogen-bond donors (Lipinski definition) is 2. The van der Waals surface area contributed by atoms with Crippen molar-refractivity contribution in [2.45, 2.75) is 56.4 Å². The Labute approximate surface area is 355 Å². The van der Waals surface area contributed by atoms with Crippen LogP contribution in [-0.4, -0.2) is 108 Å². The molecule has 0 saturated carbocycles. The van der Waals surface area contributed by atoms with Crippen molar-refractivity contribution in [1.82, 2.24) is 20.0 Å². The van der Waals surface area contributed by atoms with Gasteiger partial charge in [0.05, 0.1) is 22.3 Å². The summed E-state index contributed by atoms with van der Waals surface area (Å²) in [6, 6.07) is 24.1. The number of phenolic OH excluding ortho intramolecular Hbond substituents is 1. The van der Waals surface area contributed by atoms with Crippen LogP contribution in [-0.2, 0) is 16.0 Å². The number of hydrogen-bond acceptors (Lipinski definition) is 9. The predicted octanol–water partition coefficient (Wildman–Crippen LogP) is 5.71. The highest BCUT2D eigenvalue weighted by Crippen LogP contribution is 2.47. The molecule has 1 unspecified atom stereocenters. The van der Waals surface area contributed by atoms with Crippen molar-refractivity contribution in [3.8, 4) is 11.5 Å². The van der Waals surface area contributed by atoms with Gasteiger partial charge < -0.3 is 14.7 Å². The number of piperazine rings is 1. The van der Waals surface area contributed by atoms with Gasteiger partial charge in [0.2, 0.25) is 11.8 Å². The summed E-state index contributed by atoms with van der Waals surface area (Å²) in [5.74, 6) is -4.12. The van der Waals surface area contributed by atoms with E-state index >= 15 is 4.39 Å². The van der Waals surface area contributed by atoms with Crippen LogP contribution in [0.3, 0.4) is 0 Å². The van der Waals surface area contributed by atoms with Gasteiger partial charge in [-0.15, -0.1) is 0 Å². The van der Waals surface area contributed by atoms with Gasteiger partial charge in [-0.25, -0.2) is 4.39 Å². The summed E-state index contributed by atoms with van der Waals surface area (Å²) < 4.78 is 94.1. The zero-order valence-corrected chi connectivity index (χ0v) is 32.3. The minimum absolute atomic E-state index is 0.0254. The van der Waals surface area contributed by atoms with E-state index in [0.29, 0.717) is 66.8 Å². The molecule has 9 rings (SSSR count). The van der Waals surface area contributed by atoms with Crippen LogP contribution < -0.4 is 15.0 Å². The molecule has 2 N–H and O–H groups in total. The molecule has 11 nitrogen and oxygen atoms in total. The number of carbonyl (C=O) groups excluding carboxylic acids is 4. The number of rotatable bonds is 10. The largest absolute Gasteiger partial charge is 0.508 e. The number of amides is 4. The van der Waals surface area contributed by atoms with E-state index in [1.54, 1.807) is 6.07 Å². The van der Waals surface area contributed by atoms with Crippen molar-refractivity contribution in [1.29, 1.82) is 0 Å². The average Bonchev–Trinajstić information content (AvgIpc) is 3.52. The van der Waals surface area contributed by atoms with Gasteiger partial charge >= 0.3 is 0 Å². The van der Waals surface area contributed by atoms with Crippen LogP contribution >= 0.6 is 0 Å². The highest BCUT2D eigenvalue weighted by Gasteiger charge is 2.45. The normalized spacial score (nSPS) is 28.4. The molecule has 0 spiro atoms. The summed E-state index contributed by atoms with van der Waals surface area (Å²) in [5.41, 5.74) is 2.75. The molecule has 4 amide bonds. The first-order valence-electron chi connectivity index (χ1n) is 24.2. The van der Waals surface area contributed by atoms with E-state index in [1.807, 2.05) is 35.6 Å². The number of phenols is 1. The topological polar surface area (TPSA) is 123 Å². The van der Waals surface area contributed by atoms with Gasteiger partial charge in [0.25, 0.3) is 11.8 Å². The second kappa shape index (κ2) is 16.6. The number of imide groups is 2. The van der Waals surface area contributed by atoms with Crippen LogP contribution in [0.5, 0.6) is 11.5 Å². The van der Waals surface area contributed by atoms with Crippen LogP contribution in [0.1, 0.15) is 97.9 Å². The van der Waals surface area contributed by atoms with Gasteiger partial charge in [-0.05, 0) is 116 Å². The second-order valence-corrected chi connectivity index (χ2v) is 15.8. The van der Waals surface area contributed by atoms with Crippen LogP contribution in [0, 0.1) is 11.7 Å². The third-order valence-electron chi connectivity index (χ3n) is 12.2. The van der Waals surface area contributed by atoms with Crippen LogP contribution in [0.15, 0.2) is 84.9 Å². The molecule has 0 bridgehead atoms. The summed E-state index contributed by atoms with van der Waals surface area (Å²) >= 11 is 0. The third kappa shape index (κ3) is 7.95. The number of carbonyl (C=O) groups is 4. The number of benzene rings is 4. The van der Waals surface area contributed by atoms with E-state index < -0.39 is 78.3 Å². The van der Waals surface area contributed by atoms with E-state index in [9.17, 15) is 24.3 Å². The van der Waals surface area contributed by atoms with E-state index in [4.69, 9.17) is 15.7 Å². The first kappa shape index (κ1) is 30.5. The van der Waals surface area contributed by atoms with Gasteiger partial charge in [0.15, 0.2) is 0 Å². The minimum atomic E-state index is -3.45. The summed E-state index contributed by atoms with van der Waals surface area (Å²) in [7, 11) is 0. The number of anilines is 1. The maximum atomic E-state index is 16.1. The standard InChI is InChI=1S/C47H50FN5O6/c48-40-27-38-39(47(58)53(46(38)57)41-14-15-43(55)49-45(41)56)28-42(40)52-22-20-51(21-23-52)29-30-16-18-50(19-17-30)24-25-59-35-10-6-32(7-11-35)44-36(31-4-2-1-3-5-31)12-8-33-26-34(54)9-13-37(33)44/h1-7,9-11,13,26-28,30,36,41,44,54H,8,12,14-25,29H2,(H,49,55,56)/t36-,41?,44+/m1/s1/i20D2,21D2,22D2,23D2. The fourth-order valence-corrected chi connectivity index (χ4v) is 9.13. The first-order chi connectivity index (χ1) is 31.7. The maximum absolute atomic E-state index is 16.1. The Morgan fingerprint density at radius 3 is 2.24 bits per heavy atom. The van der Waals surface area contributed by atoms with Crippen LogP contribution in [0.2, 0.25) is 0 Å². The molecule has 3 fully saturated rings. The predicted molar refractivity (Wildman–Crippen MR) is 220 cm³/mol. The van der Waals surface area contributed by atoms with Crippen molar-refractivity contribution in [2.24, 2.45) is 5.92 Å². The minimum Gasteiger partial charge on any atom is -0.508 e. The summed E-state index contributed by atoms with van der Waals surface area (Å²) in [6.07, 6.45) is 2.39. The van der Waals surface area contributed by atoms with Crippen molar-refractivity contribution in [2.75, 3.05) is 63.7 Å². The van der Waals surface area contributed by atoms with Crippen molar-refractivity contribution in [3.63, 3.8) is 0 Å². The smallest absolute Gasteiger partial charge is 0.262 e. The van der Waals surface area contributed by atoms with Crippen LogP contribution in [0.4, 0.5) is 10.1 Å². The molecule has 0 radical (unpaired) electrons. The SMILES string of the molecule is [2H]C1([2H])N(CC2CCN(CCOc3ccc([C@@H]4c5ccc(O)cc5CC[C@@H]4c4ccccc4)cc3)CC2)C([2H])([2H])C([2H])([2H])N(c2cc3c(cc2F)C(=O)N(C2CCC(=O)NC2=O)C3=O)C1([2H])[2H]. The lowest BCUT2D eigenvalue weighted by atomic mass is 9.69. The monoisotopic (exact) mass is 807 g/mol. The highest BCUT2D eigenvalue weighted by atomic mass is 19.1. The number of aryl methyl sites for hydroxylation is 1. The first-order valence-corrected chi connectivity index (χ1v) is 20.2. The molecular formula is C47H50FN5O6. The molecule has 4 aliphatic heterocycles. The van der Waals surface area contributed by atoms with E-state index in [0.717, 1.165) is 24.0 Å². The second-order valence-electron chi connectivity index (χ2n) is 15.8. The quantitative estimate of drug-likeness (QED) is 0.194. The van der Waals surface area contributed by atoms with Gasteiger partial charge in [-0.1, -0.05) is 48.5 Å². The average molecular weight is 808 g/mol. The maximum Gasteiger partial charge on any atom is 0.262 e. The van der Waals surface area contributed by atoms with Gasteiger partial charge in [0.1, 0.15) is 30.0 Å². The number of ether oxygens (including phenoxy) is 1. The van der Waals surface area contributed by atoms with Crippen molar-refractivity contribution >= 4 is 29.3 Å². The number of aromatic hydroxyl groups is 1. The fraction of sp³-hybridized carbons (Fsp3) is 0.404. The Kier molecular flexibility index (Phi) is 8.56. The van der Waals surface area contributed by atoms with Gasteiger partial charge in [0, 0.05) is 56.9 Å². The lowest BCUT2D eigenvalue weighted by Crippen LogP contribution is -2.54. The molecule has 306 valence electrons. The number of nitrogens with one attached hydrogen (secondary N) is 1. The third-order valence-corrected chi connectivity index (χ3v) is 12.2. The molecule has 4 heterocycles. The van der Waals surface area contributed by atoms with Crippen LogP contribution in [0.25, 0.3) is 0 Å². The zero-order valence-electron chi connectivity index (χ0n) is 40.3. The Morgan fingerprint density at radius 2 is 1.51 bits per heavy atom. The highest BCUT2D eigenvalue weighted by molar-refractivity contribution is 6.23. The molecule has 5 aliphatic rings. The molecule has 0 aromatic heterocycles. The van der Waals surface area contributed by atoms with E-state index in [2.05, 4.69) is 41.3 Å². The Bertz CT molecular complexity index is 2590. The van der Waals surface area contributed by atoms with Gasteiger partial charge in [-0.2, -0.15) is 0 Å². The molecule has 3 atom stereocenters. The molecule has 59 heavy (non-hydrogen) atoms. The Hall–Kier alpha value is -5.59. The molecule has 12 heteroatoms. The number of likely N-dealkylation sites (tertiary alicyclic amines) is 1. The zero-order chi connectivity index (χ0) is 47.8. The number of halogens is 1.